The molecule has 0 spiro atoms. The predicted molar refractivity (Wildman–Crippen MR) is 107 cm³/mol. The molecule has 1 aliphatic rings. The first kappa shape index (κ1) is 20.3. The van der Waals surface area contributed by atoms with Crippen molar-refractivity contribution >= 4 is 23.7 Å². The lowest BCUT2D eigenvalue weighted by Gasteiger charge is -2.30. The molecular formula is C19H29ClN4S. The van der Waals surface area contributed by atoms with Crippen molar-refractivity contribution in [3.8, 4) is 0 Å². The van der Waals surface area contributed by atoms with Gasteiger partial charge in [0.1, 0.15) is 5.01 Å². The molecule has 4 nitrogen and oxygen atoms in total. The fourth-order valence-electron chi connectivity index (χ4n) is 3.22. The van der Waals surface area contributed by atoms with Crippen molar-refractivity contribution in [3.63, 3.8) is 0 Å². The molecule has 6 heteroatoms. The first-order chi connectivity index (χ1) is 11.7. The second-order valence-corrected chi connectivity index (χ2v) is 8.02. The van der Waals surface area contributed by atoms with Gasteiger partial charge in [0.05, 0.1) is 12.2 Å². The van der Waals surface area contributed by atoms with Gasteiger partial charge in [-0.3, -0.25) is 9.88 Å². The number of thiazole rings is 1. The van der Waals surface area contributed by atoms with Crippen LogP contribution in [0.1, 0.15) is 54.6 Å². The molecule has 3 rings (SSSR count). The topological polar surface area (TPSA) is 41.1 Å². The summed E-state index contributed by atoms with van der Waals surface area (Å²) in [7, 11) is 0. The minimum absolute atomic E-state index is 0. The van der Waals surface area contributed by atoms with Crippen LogP contribution in [0, 0.1) is 0 Å². The minimum Gasteiger partial charge on any atom is -0.317 e. The zero-order valence-corrected chi connectivity index (χ0v) is 16.8. The second-order valence-electron chi connectivity index (χ2n) is 6.87. The van der Waals surface area contributed by atoms with Crippen molar-refractivity contribution in [2.24, 2.45) is 0 Å². The fourth-order valence-corrected chi connectivity index (χ4v) is 4.17. The highest BCUT2D eigenvalue weighted by Gasteiger charge is 2.22. The minimum atomic E-state index is 0. The van der Waals surface area contributed by atoms with Gasteiger partial charge in [-0.05, 0) is 50.4 Å². The molecule has 1 N–H and O–H groups in total. The van der Waals surface area contributed by atoms with E-state index in [1.54, 1.807) is 0 Å². The fraction of sp³-hybridized carbons (Fsp3) is 0.579. The van der Waals surface area contributed by atoms with Crippen molar-refractivity contribution in [1.29, 1.82) is 0 Å². The zero-order valence-electron chi connectivity index (χ0n) is 15.1. The van der Waals surface area contributed by atoms with Gasteiger partial charge < -0.3 is 5.32 Å². The van der Waals surface area contributed by atoms with Gasteiger partial charge in [-0.15, -0.1) is 23.7 Å². The van der Waals surface area contributed by atoms with Crippen LogP contribution in [-0.2, 0) is 13.1 Å². The molecule has 0 saturated carbocycles. The summed E-state index contributed by atoms with van der Waals surface area (Å²) in [5.74, 6) is 0.558. The molecule has 0 aromatic carbocycles. The molecule has 2 aromatic rings. The third-order valence-electron chi connectivity index (χ3n) is 4.63. The van der Waals surface area contributed by atoms with Crippen molar-refractivity contribution in [2.45, 2.75) is 58.2 Å². The Morgan fingerprint density at radius 3 is 2.80 bits per heavy atom. The molecule has 1 atom stereocenters. The summed E-state index contributed by atoms with van der Waals surface area (Å²) in [5.41, 5.74) is 1.15. The van der Waals surface area contributed by atoms with E-state index in [1.807, 2.05) is 23.6 Å². The Balaban J connectivity index is 0.00000225. The summed E-state index contributed by atoms with van der Waals surface area (Å²) in [4.78, 5) is 13.2. The standard InChI is InChI=1S/C19H28N4S.ClH/c1-15(2)18-12-22-19(24-18)14-23(13-16-6-3-4-10-21-16)17-7-5-9-20-11-8-17;/h3-4,6,10,12,15,17,20H,5,7-9,11,13-14H2,1-2H3;1H. The third-order valence-corrected chi connectivity index (χ3v) is 5.91. The van der Waals surface area contributed by atoms with Gasteiger partial charge in [0.25, 0.3) is 0 Å². The Hall–Kier alpha value is -1.01. The summed E-state index contributed by atoms with van der Waals surface area (Å²) < 4.78 is 0. The zero-order chi connectivity index (χ0) is 16.8. The summed E-state index contributed by atoms with van der Waals surface area (Å²) in [6.07, 6.45) is 7.65. The number of nitrogens with zero attached hydrogens (tertiary/aromatic N) is 3. The van der Waals surface area contributed by atoms with Crippen LogP contribution < -0.4 is 5.32 Å². The van der Waals surface area contributed by atoms with Crippen molar-refractivity contribution < 1.29 is 0 Å². The van der Waals surface area contributed by atoms with Crippen LogP contribution in [0.2, 0.25) is 0 Å². The number of hydrogen-bond donors (Lipinski definition) is 1. The lowest BCUT2D eigenvalue weighted by Crippen LogP contribution is -2.35. The second kappa shape index (κ2) is 10.2. The molecule has 3 heterocycles. The van der Waals surface area contributed by atoms with E-state index in [1.165, 1.54) is 29.1 Å². The number of pyridine rings is 1. The molecule has 138 valence electrons. The smallest absolute Gasteiger partial charge is 0.107 e. The highest BCUT2D eigenvalue weighted by molar-refractivity contribution is 7.11. The maximum Gasteiger partial charge on any atom is 0.107 e. The van der Waals surface area contributed by atoms with E-state index in [0.29, 0.717) is 12.0 Å². The Bertz CT molecular complexity index is 609. The molecule has 1 fully saturated rings. The van der Waals surface area contributed by atoms with Crippen LogP contribution in [-0.4, -0.2) is 34.0 Å². The molecule has 0 bridgehead atoms. The SMILES string of the molecule is CC(C)c1cnc(CN(Cc2ccccn2)C2CCCNCC2)s1.Cl. The maximum absolute atomic E-state index is 4.68. The van der Waals surface area contributed by atoms with Crippen LogP contribution in [0.3, 0.4) is 0 Å². The first-order valence-electron chi connectivity index (χ1n) is 9.01. The van der Waals surface area contributed by atoms with Gasteiger partial charge in [0.2, 0.25) is 0 Å². The molecule has 25 heavy (non-hydrogen) atoms. The molecule has 1 aliphatic heterocycles. The van der Waals surface area contributed by atoms with E-state index >= 15 is 0 Å². The molecule has 0 radical (unpaired) electrons. The Labute approximate surface area is 161 Å². The maximum atomic E-state index is 4.68. The largest absolute Gasteiger partial charge is 0.317 e. The highest BCUT2D eigenvalue weighted by atomic mass is 35.5. The molecule has 1 saturated heterocycles. The van der Waals surface area contributed by atoms with Crippen LogP contribution in [0.4, 0.5) is 0 Å². The van der Waals surface area contributed by atoms with E-state index in [4.69, 9.17) is 0 Å². The molecular weight excluding hydrogens is 352 g/mol. The van der Waals surface area contributed by atoms with Crippen LogP contribution >= 0.6 is 23.7 Å². The Morgan fingerprint density at radius 1 is 1.20 bits per heavy atom. The van der Waals surface area contributed by atoms with Crippen LogP contribution in [0.15, 0.2) is 30.6 Å². The lowest BCUT2D eigenvalue weighted by molar-refractivity contribution is 0.162. The monoisotopic (exact) mass is 380 g/mol. The van der Waals surface area contributed by atoms with Gasteiger partial charge in [0, 0.05) is 29.9 Å². The highest BCUT2D eigenvalue weighted by Crippen LogP contribution is 2.25. The number of nitrogens with one attached hydrogen (secondary N) is 1. The Morgan fingerprint density at radius 2 is 2.08 bits per heavy atom. The van der Waals surface area contributed by atoms with Gasteiger partial charge in [-0.2, -0.15) is 0 Å². The van der Waals surface area contributed by atoms with E-state index < -0.39 is 0 Å². The van der Waals surface area contributed by atoms with Crippen molar-refractivity contribution in [1.82, 2.24) is 20.2 Å². The van der Waals surface area contributed by atoms with Crippen molar-refractivity contribution in [2.75, 3.05) is 13.1 Å². The van der Waals surface area contributed by atoms with Crippen molar-refractivity contribution in [3.05, 3.63) is 46.2 Å². The summed E-state index contributed by atoms with van der Waals surface area (Å²) >= 11 is 1.86. The average Bonchev–Trinajstić information content (AvgIpc) is 2.89. The van der Waals surface area contributed by atoms with Crippen LogP contribution in [0.5, 0.6) is 0 Å². The number of aromatic nitrogens is 2. The predicted octanol–water partition coefficient (Wildman–Crippen LogP) is 4.23. The quantitative estimate of drug-likeness (QED) is 0.814. The van der Waals surface area contributed by atoms with Gasteiger partial charge in [0.15, 0.2) is 0 Å². The van der Waals surface area contributed by atoms with E-state index in [-0.39, 0.29) is 12.4 Å². The summed E-state index contributed by atoms with van der Waals surface area (Å²) in [6, 6.07) is 6.80. The summed E-state index contributed by atoms with van der Waals surface area (Å²) in [5, 5.41) is 4.75. The van der Waals surface area contributed by atoms with Crippen LogP contribution in [0.25, 0.3) is 0 Å². The molecule has 2 aromatic heterocycles. The molecule has 0 amide bonds. The number of rotatable bonds is 6. The number of hydrogen-bond acceptors (Lipinski definition) is 5. The lowest BCUT2D eigenvalue weighted by atomic mass is 10.1. The number of halogens is 1. The summed E-state index contributed by atoms with van der Waals surface area (Å²) in [6.45, 7) is 8.56. The van der Waals surface area contributed by atoms with Gasteiger partial charge >= 0.3 is 0 Å². The first-order valence-corrected chi connectivity index (χ1v) is 9.83. The normalized spacial score (nSPS) is 18.2. The molecule has 1 unspecified atom stereocenters. The average molecular weight is 381 g/mol. The van der Waals surface area contributed by atoms with E-state index in [9.17, 15) is 0 Å². The van der Waals surface area contributed by atoms with E-state index in [2.05, 4.69) is 52.4 Å². The van der Waals surface area contributed by atoms with Gasteiger partial charge in [-0.1, -0.05) is 19.9 Å². The van der Waals surface area contributed by atoms with E-state index in [0.717, 1.165) is 31.9 Å². The third kappa shape index (κ3) is 6.03. The molecule has 0 aliphatic carbocycles. The van der Waals surface area contributed by atoms with Gasteiger partial charge in [-0.25, -0.2) is 4.98 Å². The Kier molecular flexibility index (Phi) is 8.30.